The van der Waals surface area contributed by atoms with Gasteiger partial charge in [0.25, 0.3) is 0 Å². The lowest BCUT2D eigenvalue weighted by Gasteiger charge is -2.13. The average Bonchev–Trinajstić information content (AvgIpc) is 2.72. The number of carbonyl (C=O) groups is 1. The van der Waals surface area contributed by atoms with Crippen LogP contribution in [0.15, 0.2) is 72.4 Å². The van der Waals surface area contributed by atoms with Crippen LogP contribution in [0.2, 0.25) is 0 Å². The molecule has 0 aliphatic rings. The number of aromatic nitrogens is 2. The molecule has 0 unspecified atom stereocenters. The van der Waals surface area contributed by atoms with E-state index in [-0.39, 0.29) is 11.0 Å². The molecule has 9 heteroatoms. The Bertz CT molecular complexity index is 1100. The first-order chi connectivity index (χ1) is 14.7. The van der Waals surface area contributed by atoms with Crippen LogP contribution in [-0.2, 0) is 16.7 Å². The lowest BCUT2D eigenvalue weighted by atomic mass is 10.1. The van der Waals surface area contributed by atoms with Gasteiger partial charge in [-0.2, -0.15) is 13.2 Å². The van der Waals surface area contributed by atoms with E-state index < -0.39 is 17.8 Å². The first-order valence-electron chi connectivity index (χ1n) is 9.18. The summed E-state index contributed by atoms with van der Waals surface area (Å²) in [6.45, 7) is 5.32. The number of rotatable bonds is 7. The zero-order valence-electron chi connectivity index (χ0n) is 16.5. The van der Waals surface area contributed by atoms with Gasteiger partial charge in [-0.15, -0.1) is 0 Å². The van der Waals surface area contributed by atoms with Crippen molar-refractivity contribution in [2.24, 2.45) is 0 Å². The molecule has 0 aliphatic heterocycles. The molecule has 0 bridgehead atoms. The van der Waals surface area contributed by atoms with Gasteiger partial charge in [-0.1, -0.05) is 48.7 Å². The maximum atomic E-state index is 13.4. The molecule has 31 heavy (non-hydrogen) atoms. The minimum atomic E-state index is -4.61. The lowest BCUT2D eigenvalue weighted by molar-refractivity contribution is -0.141. The number of anilines is 3. The number of thioether (sulfide) groups is 1. The fourth-order valence-electron chi connectivity index (χ4n) is 2.63. The van der Waals surface area contributed by atoms with Crippen LogP contribution in [0, 0.1) is 6.92 Å². The van der Waals surface area contributed by atoms with E-state index in [9.17, 15) is 18.0 Å². The Hall–Kier alpha value is -3.33. The Balaban J connectivity index is 1.85. The molecule has 0 aliphatic carbocycles. The summed E-state index contributed by atoms with van der Waals surface area (Å²) in [5, 5.41) is 5.46. The van der Waals surface area contributed by atoms with E-state index in [0.717, 1.165) is 35.0 Å². The minimum absolute atomic E-state index is 0.00167. The van der Waals surface area contributed by atoms with Crippen molar-refractivity contribution in [2.75, 3.05) is 10.6 Å². The highest BCUT2D eigenvalue weighted by Gasteiger charge is 2.33. The normalized spacial score (nSPS) is 11.1. The molecule has 5 nitrogen and oxygen atoms in total. The summed E-state index contributed by atoms with van der Waals surface area (Å²) in [6, 6.07) is 15.0. The lowest BCUT2D eigenvalue weighted by Crippen LogP contribution is -2.11. The van der Waals surface area contributed by atoms with Crippen LogP contribution in [0.1, 0.15) is 16.8 Å². The molecule has 0 radical (unpaired) electrons. The van der Waals surface area contributed by atoms with E-state index in [1.807, 2.05) is 31.2 Å². The molecule has 1 aromatic heterocycles. The standard InChI is InChI=1S/C22H19F3N4OS/c1-3-20(30)27-17-10-6-9-16(11-17)26-19-12-18(22(23,24)25)28-21(29-19)31-13-15-8-5-4-7-14(15)2/h3-12H,1,13H2,2H3,(H,27,30)(H,26,28,29). The molecule has 2 aromatic carbocycles. The molecule has 0 spiro atoms. The van der Waals surface area contributed by atoms with Crippen molar-refractivity contribution in [1.82, 2.24) is 9.97 Å². The quantitative estimate of drug-likeness (QED) is 0.267. The van der Waals surface area contributed by atoms with Crippen molar-refractivity contribution >= 4 is 34.9 Å². The topological polar surface area (TPSA) is 66.9 Å². The number of alkyl halides is 3. The predicted octanol–water partition coefficient (Wildman–Crippen LogP) is 5.96. The van der Waals surface area contributed by atoms with Crippen molar-refractivity contribution in [3.05, 3.63) is 84.1 Å². The first kappa shape index (κ1) is 22.4. The zero-order valence-corrected chi connectivity index (χ0v) is 17.3. The van der Waals surface area contributed by atoms with Crippen LogP contribution in [0.5, 0.6) is 0 Å². The molecule has 0 atom stereocenters. The highest BCUT2D eigenvalue weighted by molar-refractivity contribution is 7.98. The summed E-state index contributed by atoms with van der Waals surface area (Å²) in [5.74, 6) is 0.0477. The summed E-state index contributed by atoms with van der Waals surface area (Å²) >= 11 is 1.13. The van der Waals surface area contributed by atoms with E-state index >= 15 is 0 Å². The summed E-state index contributed by atoms with van der Waals surface area (Å²) in [6.07, 6.45) is -3.49. The average molecular weight is 444 g/mol. The van der Waals surface area contributed by atoms with Crippen LogP contribution in [0.25, 0.3) is 0 Å². The molecule has 0 saturated heterocycles. The fraction of sp³-hybridized carbons (Fsp3) is 0.136. The van der Waals surface area contributed by atoms with Gasteiger partial charge in [0.05, 0.1) is 0 Å². The SMILES string of the molecule is C=CC(=O)Nc1cccc(Nc2cc(C(F)(F)F)nc(SCc3ccccc3C)n2)c1. The third-order valence-corrected chi connectivity index (χ3v) is 5.10. The Morgan fingerprint density at radius 3 is 2.55 bits per heavy atom. The third-order valence-electron chi connectivity index (χ3n) is 4.20. The highest BCUT2D eigenvalue weighted by Crippen LogP contribution is 2.32. The van der Waals surface area contributed by atoms with Crippen LogP contribution in [0.4, 0.5) is 30.4 Å². The molecular weight excluding hydrogens is 425 g/mol. The van der Waals surface area contributed by atoms with E-state index in [4.69, 9.17) is 0 Å². The number of nitrogens with zero attached hydrogens (tertiary/aromatic N) is 2. The van der Waals surface area contributed by atoms with Gasteiger partial charge in [0.1, 0.15) is 5.82 Å². The second-order valence-electron chi connectivity index (χ2n) is 6.53. The Morgan fingerprint density at radius 2 is 1.84 bits per heavy atom. The molecular formula is C22H19F3N4OS. The number of hydrogen-bond acceptors (Lipinski definition) is 5. The number of amides is 1. The number of benzene rings is 2. The van der Waals surface area contributed by atoms with Gasteiger partial charge in [0.15, 0.2) is 10.9 Å². The van der Waals surface area contributed by atoms with Gasteiger partial charge in [-0.3, -0.25) is 4.79 Å². The Morgan fingerprint density at radius 1 is 1.10 bits per heavy atom. The summed E-state index contributed by atoms with van der Waals surface area (Å²) in [5.41, 5.74) is 1.93. The van der Waals surface area contributed by atoms with Gasteiger partial charge in [0.2, 0.25) is 5.91 Å². The molecule has 160 valence electrons. The molecule has 3 aromatic rings. The van der Waals surface area contributed by atoms with Crippen molar-refractivity contribution in [2.45, 2.75) is 24.0 Å². The van der Waals surface area contributed by atoms with Gasteiger partial charge < -0.3 is 10.6 Å². The maximum Gasteiger partial charge on any atom is 0.433 e. The Kier molecular flexibility index (Phi) is 6.96. The molecule has 1 amide bonds. The van der Waals surface area contributed by atoms with Gasteiger partial charge in [0, 0.05) is 23.2 Å². The van der Waals surface area contributed by atoms with Crippen LogP contribution < -0.4 is 10.6 Å². The largest absolute Gasteiger partial charge is 0.433 e. The monoisotopic (exact) mass is 444 g/mol. The van der Waals surface area contributed by atoms with Crippen molar-refractivity contribution in [1.29, 1.82) is 0 Å². The molecule has 2 N–H and O–H groups in total. The second kappa shape index (κ2) is 9.65. The summed E-state index contributed by atoms with van der Waals surface area (Å²) in [7, 11) is 0. The maximum absolute atomic E-state index is 13.4. The first-order valence-corrected chi connectivity index (χ1v) is 10.2. The third kappa shape index (κ3) is 6.32. The molecule has 1 heterocycles. The van der Waals surface area contributed by atoms with E-state index in [1.54, 1.807) is 24.3 Å². The number of nitrogens with one attached hydrogen (secondary N) is 2. The van der Waals surface area contributed by atoms with Crippen molar-refractivity contribution < 1.29 is 18.0 Å². The zero-order chi connectivity index (χ0) is 22.4. The minimum Gasteiger partial charge on any atom is -0.340 e. The molecule has 0 saturated carbocycles. The fourth-order valence-corrected chi connectivity index (χ4v) is 3.56. The number of carbonyl (C=O) groups excluding carboxylic acids is 1. The van der Waals surface area contributed by atoms with Crippen molar-refractivity contribution in [3.63, 3.8) is 0 Å². The highest BCUT2D eigenvalue weighted by atomic mass is 32.2. The van der Waals surface area contributed by atoms with Crippen LogP contribution in [0.3, 0.4) is 0 Å². The molecule has 0 fully saturated rings. The molecule has 3 rings (SSSR count). The second-order valence-corrected chi connectivity index (χ2v) is 7.48. The summed E-state index contributed by atoms with van der Waals surface area (Å²) < 4.78 is 40.1. The van der Waals surface area contributed by atoms with E-state index in [0.29, 0.717) is 17.1 Å². The van der Waals surface area contributed by atoms with E-state index in [2.05, 4.69) is 27.2 Å². The van der Waals surface area contributed by atoms with E-state index in [1.165, 1.54) is 0 Å². The number of aryl methyl sites for hydroxylation is 1. The Labute approximate surface area is 181 Å². The van der Waals surface area contributed by atoms with Gasteiger partial charge >= 0.3 is 6.18 Å². The van der Waals surface area contributed by atoms with Crippen LogP contribution in [-0.4, -0.2) is 15.9 Å². The predicted molar refractivity (Wildman–Crippen MR) is 116 cm³/mol. The van der Waals surface area contributed by atoms with Crippen molar-refractivity contribution in [3.8, 4) is 0 Å². The van der Waals surface area contributed by atoms with Gasteiger partial charge in [-0.25, -0.2) is 9.97 Å². The van der Waals surface area contributed by atoms with Gasteiger partial charge in [-0.05, 0) is 42.3 Å². The van der Waals surface area contributed by atoms with Crippen LogP contribution >= 0.6 is 11.8 Å². The summed E-state index contributed by atoms with van der Waals surface area (Å²) in [4.78, 5) is 19.4. The smallest absolute Gasteiger partial charge is 0.340 e. The number of halogens is 3. The number of hydrogen-bond donors (Lipinski definition) is 2.